The number of nitrogens with zero attached hydrogens (tertiary/aromatic N) is 1. The van der Waals surface area contributed by atoms with Gasteiger partial charge >= 0.3 is 0 Å². The molecule has 3 rings (SSSR count). The summed E-state index contributed by atoms with van der Waals surface area (Å²) in [7, 11) is 0. The molecule has 0 saturated heterocycles. The molecule has 150 valence electrons. The highest BCUT2D eigenvalue weighted by atomic mass is 35.5. The Hall–Kier alpha value is -2.56. The summed E-state index contributed by atoms with van der Waals surface area (Å²) in [5.41, 5.74) is 2.89. The van der Waals surface area contributed by atoms with Crippen molar-refractivity contribution in [3.63, 3.8) is 0 Å². The van der Waals surface area contributed by atoms with Crippen molar-refractivity contribution < 1.29 is 9.53 Å². The molecule has 0 radical (unpaired) electrons. The number of carbonyl (C=O) groups is 1. The van der Waals surface area contributed by atoms with E-state index in [0.29, 0.717) is 29.5 Å². The molecule has 1 amide bonds. The highest BCUT2D eigenvalue weighted by Gasteiger charge is 2.11. The first-order valence-electron chi connectivity index (χ1n) is 9.37. The molecule has 2 aromatic carbocycles. The monoisotopic (exact) mass is 428 g/mol. The largest absolute Gasteiger partial charge is 0.489 e. The second-order valence-corrected chi connectivity index (χ2v) is 7.51. The molecule has 29 heavy (non-hydrogen) atoms. The van der Waals surface area contributed by atoms with Crippen molar-refractivity contribution in [1.29, 1.82) is 0 Å². The van der Waals surface area contributed by atoms with Crippen LogP contribution in [-0.2, 0) is 17.8 Å². The van der Waals surface area contributed by atoms with Gasteiger partial charge in [-0.05, 0) is 48.7 Å². The van der Waals surface area contributed by atoms with Crippen LogP contribution in [0.15, 0.2) is 67.0 Å². The van der Waals surface area contributed by atoms with Gasteiger partial charge in [0, 0.05) is 24.4 Å². The molecule has 0 spiro atoms. The minimum Gasteiger partial charge on any atom is -0.489 e. The number of halogens is 2. The fourth-order valence-electron chi connectivity index (χ4n) is 2.89. The van der Waals surface area contributed by atoms with Crippen molar-refractivity contribution in [2.45, 2.75) is 32.4 Å². The molecule has 1 heterocycles. The summed E-state index contributed by atoms with van der Waals surface area (Å²) in [5.74, 6) is 0.733. The lowest BCUT2D eigenvalue weighted by Crippen LogP contribution is -2.26. The zero-order valence-electron chi connectivity index (χ0n) is 16.1. The van der Waals surface area contributed by atoms with Gasteiger partial charge in [0.05, 0.1) is 16.1 Å². The topological polar surface area (TPSA) is 51.2 Å². The predicted octanol–water partition coefficient (Wildman–Crippen LogP) is 5.78. The van der Waals surface area contributed by atoms with Crippen molar-refractivity contribution >= 4 is 29.1 Å². The number of rotatable bonds is 8. The summed E-state index contributed by atoms with van der Waals surface area (Å²) < 4.78 is 5.77. The normalized spacial score (nSPS) is 11.7. The lowest BCUT2D eigenvalue weighted by atomic mass is 10.1. The number of aryl methyl sites for hydroxylation is 1. The van der Waals surface area contributed by atoms with Crippen molar-refractivity contribution in [3.8, 4) is 5.75 Å². The quantitative estimate of drug-likeness (QED) is 0.494. The van der Waals surface area contributed by atoms with E-state index in [1.54, 1.807) is 18.5 Å². The van der Waals surface area contributed by atoms with Crippen LogP contribution >= 0.6 is 23.2 Å². The third kappa shape index (κ3) is 6.21. The number of hydrogen-bond acceptors (Lipinski definition) is 3. The molecule has 4 nitrogen and oxygen atoms in total. The van der Waals surface area contributed by atoms with Gasteiger partial charge < -0.3 is 10.1 Å². The maximum atomic E-state index is 12.3. The maximum absolute atomic E-state index is 12.3. The maximum Gasteiger partial charge on any atom is 0.220 e. The van der Waals surface area contributed by atoms with Gasteiger partial charge in [-0.15, -0.1) is 0 Å². The number of amides is 1. The zero-order chi connectivity index (χ0) is 20.6. The number of carbonyl (C=O) groups excluding carboxylic acids is 1. The molecule has 1 unspecified atom stereocenters. The van der Waals surface area contributed by atoms with Gasteiger partial charge in [-0.2, -0.15) is 0 Å². The van der Waals surface area contributed by atoms with Gasteiger partial charge in [-0.1, -0.05) is 53.5 Å². The molecule has 0 aliphatic carbocycles. The summed E-state index contributed by atoms with van der Waals surface area (Å²) >= 11 is 12.2. The molecule has 0 aliphatic heterocycles. The lowest BCUT2D eigenvalue weighted by molar-refractivity contribution is -0.121. The zero-order valence-corrected chi connectivity index (χ0v) is 17.6. The van der Waals surface area contributed by atoms with Crippen LogP contribution in [0.2, 0.25) is 10.0 Å². The number of hydrogen-bond donors (Lipinski definition) is 1. The van der Waals surface area contributed by atoms with Crippen LogP contribution in [0, 0.1) is 0 Å². The lowest BCUT2D eigenvalue weighted by Gasteiger charge is -2.15. The van der Waals surface area contributed by atoms with E-state index >= 15 is 0 Å². The molecule has 1 atom stereocenters. The SMILES string of the molecule is CC(NC(=O)CCc1cccc(Cl)c1Cl)c1ccc(OCc2cccnc2)cc1. The molecule has 1 aromatic heterocycles. The molecule has 0 saturated carbocycles. The molecular weight excluding hydrogens is 407 g/mol. The summed E-state index contributed by atoms with van der Waals surface area (Å²) in [4.78, 5) is 16.4. The van der Waals surface area contributed by atoms with E-state index in [9.17, 15) is 4.79 Å². The van der Waals surface area contributed by atoms with E-state index < -0.39 is 0 Å². The smallest absolute Gasteiger partial charge is 0.220 e. The number of aromatic nitrogens is 1. The first kappa shape index (κ1) is 21.2. The van der Waals surface area contributed by atoms with E-state index in [1.807, 2.05) is 55.5 Å². The van der Waals surface area contributed by atoms with E-state index in [2.05, 4.69) is 10.3 Å². The van der Waals surface area contributed by atoms with Gasteiger partial charge in [-0.25, -0.2) is 0 Å². The Morgan fingerprint density at radius 2 is 1.90 bits per heavy atom. The first-order valence-corrected chi connectivity index (χ1v) is 10.1. The van der Waals surface area contributed by atoms with Gasteiger partial charge in [0.2, 0.25) is 5.91 Å². The van der Waals surface area contributed by atoms with Crippen molar-refractivity contribution in [2.75, 3.05) is 0 Å². The van der Waals surface area contributed by atoms with E-state index in [-0.39, 0.29) is 11.9 Å². The summed E-state index contributed by atoms with van der Waals surface area (Å²) in [6.45, 7) is 2.42. The molecule has 0 aliphatic rings. The molecule has 1 N–H and O–H groups in total. The Kier molecular flexibility index (Phi) is 7.50. The van der Waals surface area contributed by atoms with Crippen LogP contribution in [0.5, 0.6) is 5.75 Å². The van der Waals surface area contributed by atoms with Gasteiger partial charge in [0.15, 0.2) is 0 Å². The predicted molar refractivity (Wildman–Crippen MR) is 116 cm³/mol. The van der Waals surface area contributed by atoms with Crippen LogP contribution < -0.4 is 10.1 Å². The number of nitrogens with one attached hydrogen (secondary N) is 1. The fourth-order valence-corrected chi connectivity index (χ4v) is 3.30. The number of benzene rings is 2. The van der Waals surface area contributed by atoms with Crippen LogP contribution in [0.3, 0.4) is 0 Å². The standard InChI is InChI=1S/C23H22Cl2N2O2/c1-16(27-22(28)12-9-19-5-2-6-21(24)23(19)25)18-7-10-20(11-8-18)29-15-17-4-3-13-26-14-17/h2-8,10-11,13-14,16H,9,12,15H2,1H3,(H,27,28). The van der Waals surface area contributed by atoms with E-state index in [4.69, 9.17) is 27.9 Å². The van der Waals surface area contributed by atoms with Crippen LogP contribution in [0.25, 0.3) is 0 Å². The Morgan fingerprint density at radius 3 is 2.62 bits per heavy atom. The van der Waals surface area contributed by atoms with Gasteiger partial charge in [0.25, 0.3) is 0 Å². The van der Waals surface area contributed by atoms with E-state index in [1.165, 1.54) is 0 Å². The van der Waals surface area contributed by atoms with Gasteiger partial charge in [0.1, 0.15) is 12.4 Å². The van der Waals surface area contributed by atoms with Crippen molar-refractivity contribution in [3.05, 3.63) is 93.7 Å². The minimum absolute atomic E-state index is 0.0366. The molecule has 0 bridgehead atoms. The van der Waals surface area contributed by atoms with E-state index in [0.717, 1.165) is 22.4 Å². The van der Waals surface area contributed by atoms with Crippen LogP contribution in [0.4, 0.5) is 0 Å². The van der Waals surface area contributed by atoms with Crippen LogP contribution in [0.1, 0.15) is 36.1 Å². The Labute approximate surface area is 180 Å². The average molecular weight is 429 g/mol. The fraction of sp³-hybridized carbons (Fsp3) is 0.217. The highest BCUT2D eigenvalue weighted by Crippen LogP contribution is 2.26. The summed E-state index contributed by atoms with van der Waals surface area (Å²) in [5, 5.41) is 4.03. The summed E-state index contributed by atoms with van der Waals surface area (Å²) in [6.07, 6.45) is 4.40. The first-order chi connectivity index (χ1) is 14.0. The Balaban J connectivity index is 1.49. The molecule has 3 aromatic rings. The van der Waals surface area contributed by atoms with Crippen molar-refractivity contribution in [1.82, 2.24) is 10.3 Å². The number of pyridine rings is 1. The average Bonchev–Trinajstić information content (AvgIpc) is 2.74. The Bertz CT molecular complexity index is 947. The molecule has 6 heteroatoms. The minimum atomic E-state index is -0.107. The van der Waals surface area contributed by atoms with Crippen LogP contribution in [-0.4, -0.2) is 10.9 Å². The third-order valence-electron chi connectivity index (χ3n) is 4.54. The van der Waals surface area contributed by atoms with Gasteiger partial charge in [-0.3, -0.25) is 9.78 Å². The third-order valence-corrected chi connectivity index (χ3v) is 5.40. The number of ether oxygens (including phenoxy) is 1. The second kappa shape index (κ2) is 10.3. The second-order valence-electron chi connectivity index (χ2n) is 6.72. The molecule has 0 fully saturated rings. The van der Waals surface area contributed by atoms with Crippen molar-refractivity contribution in [2.24, 2.45) is 0 Å². The Morgan fingerprint density at radius 1 is 1.10 bits per heavy atom. The summed E-state index contributed by atoms with van der Waals surface area (Å²) in [6, 6.07) is 16.9. The molecular formula is C23H22Cl2N2O2. The highest BCUT2D eigenvalue weighted by molar-refractivity contribution is 6.42.